The van der Waals surface area contributed by atoms with Crippen molar-refractivity contribution in [1.82, 2.24) is 35.0 Å². The molecule has 5 amide bonds. The number of likely N-dealkylation sites (N-methyl/N-ethyl adjacent to an activating group) is 1. The van der Waals surface area contributed by atoms with E-state index in [2.05, 4.69) is 35.6 Å². The molecule has 324 valence electrons. The number of nitrogens with one attached hydrogen (secondary N) is 3. The van der Waals surface area contributed by atoms with Gasteiger partial charge in [-0.3, -0.25) is 43.9 Å². The number of benzene rings is 2. The van der Waals surface area contributed by atoms with E-state index < -0.39 is 29.7 Å². The molecule has 2 aromatic heterocycles. The Morgan fingerprint density at radius 1 is 0.871 bits per heavy atom. The Hall–Kier alpha value is -6.07. The molecule has 3 saturated heterocycles. The van der Waals surface area contributed by atoms with E-state index in [1.165, 1.54) is 19.9 Å². The lowest BCUT2D eigenvalue weighted by Gasteiger charge is -2.39. The lowest BCUT2D eigenvalue weighted by Crippen LogP contribution is -2.54. The highest BCUT2D eigenvalue weighted by Gasteiger charge is 2.45. The maximum Gasteiger partial charge on any atom is 0.293 e. The zero-order valence-electron chi connectivity index (χ0n) is 34.5. The van der Waals surface area contributed by atoms with Crippen LogP contribution in [0.5, 0.6) is 5.75 Å². The van der Waals surface area contributed by atoms with Crippen LogP contribution in [0.25, 0.3) is 10.9 Å². The number of piperazine rings is 1. The van der Waals surface area contributed by atoms with E-state index in [9.17, 15) is 28.8 Å². The number of fused-ring (bicyclic) bond motifs is 2. The Morgan fingerprint density at radius 2 is 1.65 bits per heavy atom. The zero-order chi connectivity index (χ0) is 43.1. The number of aromatic nitrogens is 3. The number of carbonyl (C=O) groups is 5. The normalized spacial score (nSPS) is 19.8. The van der Waals surface area contributed by atoms with Gasteiger partial charge in [0.05, 0.1) is 22.8 Å². The Bertz CT molecular complexity index is 2510. The van der Waals surface area contributed by atoms with Gasteiger partial charge in [-0.15, -0.1) is 0 Å². The number of anilines is 4. The summed E-state index contributed by atoms with van der Waals surface area (Å²) in [6.07, 6.45) is 7.06. The van der Waals surface area contributed by atoms with Crippen LogP contribution in [0.15, 0.2) is 53.5 Å². The van der Waals surface area contributed by atoms with Crippen LogP contribution in [0.4, 0.5) is 23.1 Å². The summed E-state index contributed by atoms with van der Waals surface area (Å²) in [5.41, 5.74) is 2.71. The largest absolute Gasteiger partial charge is 0.478 e. The monoisotopic (exact) mass is 864 g/mol. The van der Waals surface area contributed by atoms with Gasteiger partial charge < -0.3 is 29.7 Å². The second kappa shape index (κ2) is 17.4. The number of rotatable bonds is 13. The van der Waals surface area contributed by atoms with Crippen LogP contribution in [-0.4, -0.2) is 119 Å². The Labute approximate surface area is 362 Å². The fourth-order valence-electron chi connectivity index (χ4n) is 8.96. The van der Waals surface area contributed by atoms with Gasteiger partial charge in [-0.05, 0) is 80.0 Å². The average Bonchev–Trinajstić information content (AvgIpc) is 4.08. The molecule has 4 fully saturated rings. The minimum absolute atomic E-state index is 0.0830. The first-order valence-corrected chi connectivity index (χ1v) is 21.8. The molecule has 2 aromatic carbocycles. The lowest BCUT2D eigenvalue weighted by atomic mass is 9.95. The molecule has 1 unspecified atom stereocenters. The van der Waals surface area contributed by atoms with Crippen LogP contribution >= 0.6 is 11.6 Å². The number of hydrogen-bond acceptors (Lipinski definition) is 13. The van der Waals surface area contributed by atoms with Gasteiger partial charge in [0, 0.05) is 82.6 Å². The third-order valence-electron chi connectivity index (χ3n) is 12.7. The summed E-state index contributed by atoms with van der Waals surface area (Å²) in [6, 6.07) is 11.7. The number of amides is 5. The molecule has 4 aliphatic heterocycles. The fraction of sp³-hybridized carbons (Fsp3) is 0.455. The smallest absolute Gasteiger partial charge is 0.293 e. The van der Waals surface area contributed by atoms with Crippen molar-refractivity contribution in [3.05, 3.63) is 75.2 Å². The molecular formula is C44H49ClN10O7. The van der Waals surface area contributed by atoms with E-state index in [0.29, 0.717) is 40.7 Å². The van der Waals surface area contributed by atoms with Crippen LogP contribution in [0.3, 0.4) is 0 Å². The summed E-state index contributed by atoms with van der Waals surface area (Å²) in [5, 5.41) is 9.27. The van der Waals surface area contributed by atoms with Gasteiger partial charge in [-0.1, -0.05) is 24.4 Å². The van der Waals surface area contributed by atoms with E-state index in [1.54, 1.807) is 29.0 Å². The molecule has 1 aliphatic carbocycles. The van der Waals surface area contributed by atoms with Crippen molar-refractivity contribution in [3.8, 4) is 5.75 Å². The van der Waals surface area contributed by atoms with Gasteiger partial charge >= 0.3 is 0 Å². The third kappa shape index (κ3) is 8.55. The molecular weight excluding hydrogens is 816 g/mol. The molecule has 6 heterocycles. The second-order valence-electron chi connectivity index (χ2n) is 16.8. The van der Waals surface area contributed by atoms with Crippen molar-refractivity contribution in [3.63, 3.8) is 0 Å². The number of piperidine rings is 2. The number of nitrogens with zero attached hydrogens (tertiary/aromatic N) is 7. The minimum atomic E-state index is -0.984. The molecule has 5 aliphatic rings. The fourth-order valence-corrected chi connectivity index (χ4v) is 9.10. The van der Waals surface area contributed by atoms with Crippen LogP contribution < -0.4 is 36.0 Å². The van der Waals surface area contributed by atoms with Gasteiger partial charge in [0.1, 0.15) is 11.1 Å². The number of imide groups is 2. The maximum atomic E-state index is 13.4. The molecule has 9 rings (SSSR count). The number of hydrogen-bond donors (Lipinski definition) is 3. The molecule has 17 nitrogen and oxygen atoms in total. The predicted octanol–water partition coefficient (Wildman–Crippen LogP) is 3.55. The van der Waals surface area contributed by atoms with Gasteiger partial charge in [0.2, 0.25) is 17.8 Å². The first-order valence-electron chi connectivity index (χ1n) is 21.4. The van der Waals surface area contributed by atoms with Gasteiger partial charge in [-0.2, -0.15) is 4.98 Å². The summed E-state index contributed by atoms with van der Waals surface area (Å²) >= 11 is 6.62. The number of pyridine rings is 1. The molecule has 62 heavy (non-hydrogen) atoms. The molecule has 1 atom stereocenters. The van der Waals surface area contributed by atoms with Crippen LogP contribution in [0.1, 0.15) is 65.7 Å². The third-order valence-corrected chi connectivity index (χ3v) is 13.0. The lowest BCUT2D eigenvalue weighted by molar-refractivity contribution is -0.136. The number of aryl methyl sites for hydroxylation is 1. The standard InChI is InChI=1S/C44H49ClN10O7/c1-46-38(57)25-62-36-21-28-20-29(4-7-34(28)54(43(36)61)15-12-26-2-3-26)48-39-33(45)23-47-44(50-39)53-18-16-51(17-19-53)24-27-10-13-52(14-11-27)30-5-6-31-32(22-30)42(60)55(41(31)59)35-8-9-37(56)49-40(35)58/h4-7,20-23,26-27,35H,2-3,8-19,24-25H2,1H3,(H,46,57)(H,47,48,50)(H,49,56,58). The minimum Gasteiger partial charge on any atom is -0.478 e. The number of carbonyl (C=O) groups excluding carboxylic acids is 5. The quantitative estimate of drug-likeness (QED) is 0.166. The van der Waals surface area contributed by atoms with Crippen LogP contribution in [0.2, 0.25) is 5.02 Å². The number of ether oxygens (including phenoxy) is 1. The summed E-state index contributed by atoms with van der Waals surface area (Å²) in [6.45, 7) is 6.16. The molecule has 1 saturated carbocycles. The van der Waals surface area contributed by atoms with Gasteiger partial charge in [0.15, 0.2) is 18.2 Å². The molecule has 18 heteroatoms. The first kappa shape index (κ1) is 41.3. The molecule has 3 N–H and O–H groups in total. The number of halogens is 1. The van der Waals surface area contributed by atoms with Gasteiger partial charge in [0.25, 0.3) is 23.3 Å². The van der Waals surface area contributed by atoms with Crippen molar-refractivity contribution in [2.24, 2.45) is 11.8 Å². The van der Waals surface area contributed by atoms with Crippen molar-refractivity contribution in [1.29, 1.82) is 0 Å². The van der Waals surface area contributed by atoms with Crippen LogP contribution in [-0.2, 0) is 20.9 Å². The highest BCUT2D eigenvalue weighted by molar-refractivity contribution is 6.33. The van der Waals surface area contributed by atoms with Gasteiger partial charge in [-0.25, -0.2) is 4.98 Å². The first-order chi connectivity index (χ1) is 30.0. The topological polar surface area (TPSA) is 191 Å². The Balaban J connectivity index is 0.792. The summed E-state index contributed by atoms with van der Waals surface area (Å²) in [4.78, 5) is 93.3. The highest BCUT2D eigenvalue weighted by atomic mass is 35.5. The highest BCUT2D eigenvalue weighted by Crippen LogP contribution is 2.35. The molecule has 0 radical (unpaired) electrons. The average molecular weight is 865 g/mol. The summed E-state index contributed by atoms with van der Waals surface area (Å²) in [7, 11) is 1.52. The molecule has 0 bridgehead atoms. The van der Waals surface area contributed by atoms with E-state index in [-0.39, 0.29) is 42.2 Å². The second-order valence-corrected chi connectivity index (χ2v) is 17.2. The Morgan fingerprint density at radius 3 is 2.39 bits per heavy atom. The van der Waals surface area contributed by atoms with Crippen molar-refractivity contribution >= 4 is 75.2 Å². The Kier molecular flexibility index (Phi) is 11.6. The predicted molar refractivity (Wildman–Crippen MR) is 232 cm³/mol. The van der Waals surface area contributed by atoms with Crippen molar-refractivity contribution < 1.29 is 28.7 Å². The zero-order valence-corrected chi connectivity index (χ0v) is 35.3. The van der Waals surface area contributed by atoms with E-state index in [0.717, 1.165) is 92.3 Å². The molecule has 0 spiro atoms. The molecule has 4 aromatic rings. The van der Waals surface area contributed by atoms with E-state index >= 15 is 0 Å². The maximum absolute atomic E-state index is 13.4. The van der Waals surface area contributed by atoms with Crippen LogP contribution in [0, 0.1) is 11.8 Å². The van der Waals surface area contributed by atoms with E-state index in [1.807, 2.05) is 24.3 Å². The van der Waals surface area contributed by atoms with E-state index in [4.69, 9.17) is 21.3 Å². The van der Waals surface area contributed by atoms with Crippen molar-refractivity contribution in [2.45, 2.75) is 57.5 Å². The summed E-state index contributed by atoms with van der Waals surface area (Å²) in [5.74, 6) is -0.0158. The van der Waals surface area contributed by atoms with Crippen molar-refractivity contribution in [2.75, 3.05) is 74.6 Å². The summed E-state index contributed by atoms with van der Waals surface area (Å²) < 4.78 is 7.42. The SMILES string of the molecule is CNC(=O)COc1cc2cc(Nc3nc(N4CCN(CC5CCN(c6ccc7c(c6)C(=O)N(C6CCC(=O)NC6=O)C7=O)CC5)CC4)ncc3Cl)ccc2n(CCC2CC2)c1=O.